The summed E-state index contributed by atoms with van der Waals surface area (Å²) in [5, 5.41) is 5.88. The molecule has 184 valence electrons. The Balaban J connectivity index is 1.26. The first kappa shape index (κ1) is 24.2. The van der Waals surface area contributed by atoms with Gasteiger partial charge in [-0.25, -0.2) is 4.79 Å². The van der Waals surface area contributed by atoms with Crippen LogP contribution in [-0.2, 0) is 20.8 Å². The summed E-state index contributed by atoms with van der Waals surface area (Å²) in [5.74, 6) is -0.505. The minimum atomic E-state index is -0.849. The van der Waals surface area contributed by atoms with Crippen LogP contribution >= 0.6 is 0 Å². The van der Waals surface area contributed by atoms with Crippen LogP contribution in [-0.4, -0.2) is 83.3 Å². The number of para-hydroxylation sites is 1. The molecule has 4 rings (SSSR count). The van der Waals surface area contributed by atoms with Gasteiger partial charge in [0.25, 0.3) is 5.91 Å². The highest BCUT2D eigenvalue weighted by molar-refractivity contribution is 6.09. The second-order valence-corrected chi connectivity index (χ2v) is 9.66. The van der Waals surface area contributed by atoms with E-state index in [2.05, 4.69) is 17.6 Å². The Labute approximate surface area is 200 Å². The fraction of sp³-hybridized carbons (Fsp3) is 0.600. The van der Waals surface area contributed by atoms with E-state index < -0.39 is 11.6 Å². The van der Waals surface area contributed by atoms with Crippen molar-refractivity contribution in [2.75, 3.05) is 44.6 Å². The van der Waals surface area contributed by atoms with Crippen LogP contribution in [0, 0.1) is 5.92 Å². The van der Waals surface area contributed by atoms with Crippen LogP contribution in [0.2, 0.25) is 0 Å². The number of nitrogens with zero attached hydrogens (tertiary/aromatic N) is 3. The van der Waals surface area contributed by atoms with Gasteiger partial charge >= 0.3 is 6.03 Å². The van der Waals surface area contributed by atoms with Gasteiger partial charge in [-0.15, -0.1) is 0 Å². The molecule has 3 aliphatic rings. The van der Waals surface area contributed by atoms with Gasteiger partial charge in [0.15, 0.2) is 0 Å². The number of urea groups is 1. The average Bonchev–Trinajstić information content (AvgIpc) is 3.06. The van der Waals surface area contributed by atoms with Crippen molar-refractivity contribution in [3.05, 3.63) is 29.8 Å². The van der Waals surface area contributed by atoms with Crippen molar-refractivity contribution in [2.24, 2.45) is 5.92 Å². The third-order valence-electron chi connectivity index (χ3n) is 7.56. The third-order valence-corrected chi connectivity index (χ3v) is 7.56. The molecule has 2 aliphatic heterocycles. The lowest BCUT2D eigenvalue weighted by Gasteiger charge is -2.37. The highest BCUT2D eigenvalue weighted by Gasteiger charge is 2.55. The summed E-state index contributed by atoms with van der Waals surface area (Å²) in [6.07, 6.45) is 4.32. The molecule has 1 saturated carbocycles. The first-order valence-corrected chi connectivity index (χ1v) is 12.4. The maximum atomic E-state index is 13.1. The van der Waals surface area contributed by atoms with Gasteiger partial charge in [-0.05, 0) is 36.8 Å². The number of benzene rings is 1. The first-order chi connectivity index (χ1) is 16.3. The normalized spacial score (nSPS) is 25.5. The van der Waals surface area contributed by atoms with Crippen LogP contribution in [0.5, 0.6) is 0 Å². The van der Waals surface area contributed by atoms with Crippen molar-refractivity contribution in [3.8, 4) is 0 Å². The van der Waals surface area contributed by atoms with E-state index in [1.165, 1.54) is 0 Å². The minimum absolute atomic E-state index is 0.0665. The highest BCUT2D eigenvalue weighted by Crippen LogP contribution is 2.38. The number of carbonyl (C=O) groups excluding carboxylic acids is 4. The number of aryl methyl sites for hydroxylation is 1. The molecule has 9 heteroatoms. The quantitative estimate of drug-likeness (QED) is 0.619. The number of amides is 5. The number of hydrogen-bond acceptors (Lipinski definition) is 5. The minimum Gasteiger partial charge on any atom is -0.339 e. The summed E-state index contributed by atoms with van der Waals surface area (Å²) < 4.78 is 0. The molecule has 2 atom stereocenters. The molecular weight excluding hydrogens is 434 g/mol. The van der Waals surface area contributed by atoms with E-state index in [0.717, 1.165) is 41.8 Å². The number of carbonyl (C=O) groups is 4. The lowest BCUT2D eigenvalue weighted by Crippen LogP contribution is -2.55. The Morgan fingerprint density at radius 2 is 1.82 bits per heavy atom. The van der Waals surface area contributed by atoms with Crippen molar-refractivity contribution in [1.29, 1.82) is 0 Å². The molecule has 0 aromatic heterocycles. The molecular formula is C25H35N5O4. The summed E-state index contributed by atoms with van der Waals surface area (Å²) in [4.78, 5) is 55.9. The predicted octanol–water partition coefficient (Wildman–Crippen LogP) is 1.83. The van der Waals surface area contributed by atoms with Crippen LogP contribution < -0.4 is 10.6 Å². The molecule has 2 heterocycles. The van der Waals surface area contributed by atoms with Crippen LogP contribution in [0.25, 0.3) is 0 Å². The number of hydrogen-bond donors (Lipinski definition) is 2. The molecule has 0 unspecified atom stereocenters. The zero-order valence-corrected chi connectivity index (χ0v) is 20.1. The summed E-state index contributed by atoms with van der Waals surface area (Å²) in [5.41, 5.74) is 1.08. The van der Waals surface area contributed by atoms with Crippen molar-refractivity contribution >= 4 is 29.4 Å². The molecule has 0 bridgehead atoms. The molecule has 34 heavy (non-hydrogen) atoms. The summed E-state index contributed by atoms with van der Waals surface area (Å²) in [6, 6.07) is 7.31. The van der Waals surface area contributed by atoms with Crippen molar-refractivity contribution in [2.45, 2.75) is 51.5 Å². The standard InChI is InChI=1S/C25H35N5O4/c1-3-19-9-4-5-10-20(19)26-21(31)16-28-12-14-29(15-13-28)22(32)17-30-23(33)25(27-24(30)34)11-7-6-8-18(25)2/h4-5,9-10,18H,3,6-8,11-17H2,1-2H3,(H,26,31)(H,27,34)/t18-,25-/m1/s1. The highest BCUT2D eigenvalue weighted by atomic mass is 16.2. The second-order valence-electron chi connectivity index (χ2n) is 9.66. The van der Waals surface area contributed by atoms with Crippen molar-refractivity contribution < 1.29 is 19.2 Å². The number of imide groups is 1. The van der Waals surface area contributed by atoms with Gasteiger partial charge in [0, 0.05) is 31.9 Å². The van der Waals surface area contributed by atoms with Crippen LogP contribution in [0.1, 0.15) is 45.1 Å². The maximum absolute atomic E-state index is 13.1. The molecule has 2 N–H and O–H groups in total. The largest absolute Gasteiger partial charge is 0.339 e. The molecule has 1 aromatic carbocycles. The van der Waals surface area contributed by atoms with E-state index >= 15 is 0 Å². The first-order valence-electron chi connectivity index (χ1n) is 12.4. The number of rotatable bonds is 6. The number of anilines is 1. The summed E-state index contributed by atoms with van der Waals surface area (Å²) in [7, 11) is 0. The molecule has 1 aliphatic carbocycles. The Hall–Kier alpha value is -2.94. The average molecular weight is 470 g/mol. The Kier molecular flexibility index (Phi) is 7.21. The fourth-order valence-corrected chi connectivity index (χ4v) is 5.37. The number of piperazine rings is 1. The van der Waals surface area contributed by atoms with Gasteiger partial charge in [0.1, 0.15) is 12.1 Å². The smallest absolute Gasteiger partial charge is 0.325 e. The van der Waals surface area contributed by atoms with E-state index in [9.17, 15) is 19.2 Å². The lowest BCUT2D eigenvalue weighted by atomic mass is 9.73. The maximum Gasteiger partial charge on any atom is 0.325 e. The van der Waals surface area contributed by atoms with Crippen LogP contribution in [0.3, 0.4) is 0 Å². The summed E-state index contributed by atoms with van der Waals surface area (Å²) in [6.45, 7) is 6.13. The zero-order valence-electron chi connectivity index (χ0n) is 20.1. The summed E-state index contributed by atoms with van der Waals surface area (Å²) >= 11 is 0. The van der Waals surface area contributed by atoms with Gasteiger partial charge in [0.05, 0.1) is 6.54 Å². The van der Waals surface area contributed by atoms with E-state index in [0.29, 0.717) is 32.6 Å². The molecule has 1 aromatic rings. The zero-order chi connectivity index (χ0) is 24.3. The third kappa shape index (κ3) is 4.80. The molecule has 2 saturated heterocycles. The van der Waals surface area contributed by atoms with Crippen LogP contribution in [0.15, 0.2) is 24.3 Å². The molecule has 9 nitrogen and oxygen atoms in total. The van der Waals surface area contributed by atoms with Gasteiger partial charge in [-0.3, -0.25) is 24.2 Å². The van der Waals surface area contributed by atoms with Crippen molar-refractivity contribution in [3.63, 3.8) is 0 Å². The van der Waals surface area contributed by atoms with Gasteiger partial charge < -0.3 is 15.5 Å². The van der Waals surface area contributed by atoms with E-state index in [4.69, 9.17) is 0 Å². The van der Waals surface area contributed by atoms with E-state index in [-0.39, 0.29) is 36.7 Å². The molecule has 1 spiro atoms. The Morgan fingerprint density at radius 1 is 1.09 bits per heavy atom. The predicted molar refractivity (Wildman–Crippen MR) is 128 cm³/mol. The monoisotopic (exact) mass is 469 g/mol. The SMILES string of the molecule is CCc1ccccc1NC(=O)CN1CCN(C(=O)CN2C(=O)N[C@@]3(CCCC[C@H]3C)C2=O)CC1. The molecule has 3 fully saturated rings. The Bertz CT molecular complexity index is 958. The van der Waals surface area contributed by atoms with Crippen molar-refractivity contribution in [1.82, 2.24) is 20.0 Å². The fourth-order valence-electron chi connectivity index (χ4n) is 5.37. The van der Waals surface area contributed by atoms with E-state index in [1.54, 1.807) is 4.90 Å². The topological polar surface area (TPSA) is 102 Å². The molecule has 0 radical (unpaired) electrons. The number of nitrogens with one attached hydrogen (secondary N) is 2. The van der Waals surface area contributed by atoms with Gasteiger partial charge in [-0.1, -0.05) is 44.9 Å². The van der Waals surface area contributed by atoms with Gasteiger partial charge in [-0.2, -0.15) is 0 Å². The molecule has 5 amide bonds. The van der Waals surface area contributed by atoms with Gasteiger partial charge in [0.2, 0.25) is 11.8 Å². The Morgan fingerprint density at radius 3 is 2.53 bits per heavy atom. The van der Waals surface area contributed by atoms with E-state index in [1.807, 2.05) is 36.1 Å². The second kappa shape index (κ2) is 10.1. The van der Waals surface area contributed by atoms with Crippen LogP contribution in [0.4, 0.5) is 10.5 Å². The lowest BCUT2D eigenvalue weighted by molar-refractivity contribution is -0.141.